The SMILES string of the molecule is O=C(Nc1ccc(Cl)c(S(=O)(=O)Nc2ccccc2Cl)c1)c1ccc([N+](=O)[O-])o1. The molecule has 150 valence electrons. The molecule has 0 unspecified atom stereocenters. The third-order valence-corrected chi connectivity index (χ3v) is 5.77. The second kappa shape index (κ2) is 8.11. The summed E-state index contributed by atoms with van der Waals surface area (Å²) >= 11 is 12.0. The highest BCUT2D eigenvalue weighted by Crippen LogP contribution is 2.29. The number of benzene rings is 2. The molecule has 3 rings (SSSR count). The molecular formula is C17H11Cl2N3O6S. The lowest BCUT2D eigenvalue weighted by Crippen LogP contribution is -2.15. The van der Waals surface area contributed by atoms with E-state index in [1.54, 1.807) is 12.1 Å². The fraction of sp³-hybridized carbons (Fsp3) is 0. The van der Waals surface area contributed by atoms with Gasteiger partial charge in [0.25, 0.3) is 15.9 Å². The largest absolute Gasteiger partial charge is 0.433 e. The van der Waals surface area contributed by atoms with Crippen molar-refractivity contribution in [3.8, 4) is 0 Å². The number of hydrogen-bond acceptors (Lipinski definition) is 6. The normalized spacial score (nSPS) is 11.1. The molecule has 0 aliphatic carbocycles. The van der Waals surface area contributed by atoms with E-state index < -0.39 is 26.7 Å². The predicted molar refractivity (Wildman–Crippen MR) is 107 cm³/mol. The van der Waals surface area contributed by atoms with Crippen LogP contribution in [0, 0.1) is 10.1 Å². The Kier molecular flexibility index (Phi) is 5.78. The minimum absolute atomic E-state index is 0.0815. The molecule has 1 heterocycles. The Labute approximate surface area is 174 Å². The standard InChI is InChI=1S/C17H11Cl2N3O6S/c18-11-3-1-2-4-13(11)21-29(26,27)15-9-10(5-6-12(15)19)20-17(23)14-7-8-16(28-14)22(24)25/h1-9,21H,(H,20,23). The molecular weight excluding hydrogens is 445 g/mol. The van der Waals surface area contributed by atoms with Crippen LogP contribution in [-0.2, 0) is 10.0 Å². The molecule has 0 aliphatic rings. The van der Waals surface area contributed by atoms with E-state index in [4.69, 9.17) is 27.6 Å². The summed E-state index contributed by atoms with van der Waals surface area (Å²) in [6.07, 6.45) is 0. The molecule has 29 heavy (non-hydrogen) atoms. The van der Waals surface area contributed by atoms with E-state index in [-0.39, 0.29) is 32.1 Å². The van der Waals surface area contributed by atoms with Gasteiger partial charge in [-0.3, -0.25) is 19.6 Å². The summed E-state index contributed by atoms with van der Waals surface area (Å²) in [5, 5.41) is 13.1. The van der Waals surface area contributed by atoms with Gasteiger partial charge in [0.05, 0.1) is 21.8 Å². The van der Waals surface area contributed by atoms with Gasteiger partial charge in [0.2, 0.25) is 0 Å². The number of carbonyl (C=O) groups excluding carboxylic acids is 1. The number of furan rings is 1. The van der Waals surface area contributed by atoms with Crippen LogP contribution in [0.1, 0.15) is 10.6 Å². The van der Waals surface area contributed by atoms with Crippen LogP contribution < -0.4 is 10.0 Å². The fourth-order valence-corrected chi connectivity index (χ4v) is 4.12. The quantitative estimate of drug-likeness (QED) is 0.413. The highest BCUT2D eigenvalue weighted by Gasteiger charge is 2.22. The molecule has 1 amide bonds. The Bertz CT molecular complexity index is 1210. The van der Waals surface area contributed by atoms with Crippen LogP contribution in [0.4, 0.5) is 17.3 Å². The molecule has 0 spiro atoms. The van der Waals surface area contributed by atoms with Gasteiger partial charge in [-0.1, -0.05) is 35.3 Å². The van der Waals surface area contributed by atoms with E-state index >= 15 is 0 Å². The number of rotatable bonds is 6. The van der Waals surface area contributed by atoms with Crippen molar-refractivity contribution in [2.45, 2.75) is 4.90 Å². The second-order valence-electron chi connectivity index (χ2n) is 5.58. The lowest BCUT2D eigenvalue weighted by atomic mass is 10.3. The second-order valence-corrected chi connectivity index (χ2v) is 8.04. The number of sulfonamides is 1. The lowest BCUT2D eigenvalue weighted by molar-refractivity contribution is -0.402. The number of para-hydroxylation sites is 1. The Morgan fingerprint density at radius 3 is 2.41 bits per heavy atom. The third kappa shape index (κ3) is 4.67. The van der Waals surface area contributed by atoms with Crippen LogP contribution in [0.15, 0.2) is 63.9 Å². The van der Waals surface area contributed by atoms with Gasteiger partial charge in [-0.15, -0.1) is 0 Å². The van der Waals surface area contributed by atoms with Crippen molar-refractivity contribution in [1.29, 1.82) is 0 Å². The molecule has 9 nitrogen and oxygen atoms in total. The van der Waals surface area contributed by atoms with E-state index in [9.17, 15) is 23.3 Å². The van der Waals surface area contributed by atoms with E-state index in [0.29, 0.717) is 0 Å². The molecule has 0 saturated heterocycles. The number of nitro groups is 1. The maximum Gasteiger partial charge on any atom is 0.433 e. The van der Waals surface area contributed by atoms with Gasteiger partial charge in [-0.2, -0.15) is 0 Å². The highest BCUT2D eigenvalue weighted by molar-refractivity contribution is 7.92. The smallest absolute Gasteiger partial charge is 0.395 e. The molecule has 0 saturated carbocycles. The van der Waals surface area contributed by atoms with Crippen molar-refractivity contribution in [2.75, 3.05) is 10.0 Å². The van der Waals surface area contributed by atoms with Gasteiger partial charge < -0.3 is 9.73 Å². The number of nitrogens with one attached hydrogen (secondary N) is 2. The predicted octanol–water partition coefficient (Wildman–Crippen LogP) is 4.55. The summed E-state index contributed by atoms with van der Waals surface area (Å²) in [6.45, 7) is 0. The third-order valence-electron chi connectivity index (χ3n) is 3.59. The van der Waals surface area contributed by atoms with Crippen LogP contribution in [0.2, 0.25) is 10.0 Å². The van der Waals surface area contributed by atoms with Gasteiger partial charge in [-0.25, -0.2) is 8.42 Å². The van der Waals surface area contributed by atoms with Crippen molar-refractivity contribution in [2.24, 2.45) is 0 Å². The molecule has 3 aromatic rings. The molecule has 2 aromatic carbocycles. The number of amides is 1. The average Bonchev–Trinajstić information content (AvgIpc) is 3.15. The minimum Gasteiger partial charge on any atom is -0.395 e. The zero-order valence-electron chi connectivity index (χ0n) is 14.3. The van der Waals surface area contributed by atoms with E-state index in [1.807, 2.05) is 0 Å². The van der Waals surface area contributed by atoms with Crippen molar-refractivity contribution in [1.82, 2.24) is 0 Å². The molecule has 12 heteroatoms. The number of anilines is 2. The zero-order valence-corrected chi connectivity index (χ0v) is 16.6. The van der Waals surface area contributed by atoms with E-state index in [1.165, 1.54) is 24.3 Å². The van der Waals surface area contributed by atoms with E-state index in [2.05, 4.69) is 10.0 Å². The number of hydrogen-bond donors (Lipinski definition) is 2. The summed E-state index contributed by atoms with van der Waals surface area (Å²) in [6, 6.07) is 12.2. The Morgan fingerprint density at radius 1 is 1.03 bits per heavy atom. The summed E-state index contributed by atoms with van der Waals surface area (Å²) in [5.74, 6) is -1.72. The first kappa shape index (κ1) is 20.6. The molecule has 0 atom stereocenters. The van der Waals surface area contributed by atoms with Gasteiger partial charge in [0.15, 0.2) is 5.76 Å². The fourth-order valence-electron chi connectivity index (χ4n) is 2.27. The maximum absolute atomic E-state index is 12.7. The van der Waals surface area contributed by atoms with Crippen LogP contribution >= 0.6 is 23.2 Å². The van der Waals surface area contributed by atoms with E-state index in [0.717, 1.165) is 18.2 Å². The molecule has 1 aromatic heterocycles. The van der Waals surface area contributed by atoms with Gasteiger partial charge >= 0.3 is 5.88 Å². The average molecular weight is 456 g/mol. The monoisotopic (exact) mass is 455 g/mol. The highest BCUT2D eigenvalue weighted by atomic mass is 35.5. The lowest BCUT2D eigenvalue weighted by Gasteiger charge is -2.12. The van der Waals surface area contributed by atoms with Gasteiger partial charge in [0, 0.05) is 5.69 Å². The maximum atomic E-state index is 12.7. The Hall–Kier alpha value is -3.08. The van der Waals surface area contributed by atoms with Crippen LogP contribution in [0.5, 0.6) is 0 Å². The first-order valence-electron chi connectivity index (χ1n) is 7.80. The number of halogens is 2. The van der Waals surface area contributed by atoms with Crippen LogP contribution in [0.3, 0.4) is 0 Å². The molecule has 0 bridgehead atoms. The van der Waals surface area contributed by atoms with Crippen molar-refractivity contribution < 1.29 is 22.6 Å². The molecule has 0 radical (unpaired) electrons. The molecule has 2 N–H and O–H groups in total. The summed E-state index contributed by atoms with van der Waals surface area (Å²) in [7, 11) is -4.13. The Balaban J connectivity index is 1.86. The van der Waals surface area contributed by atoms with Crippen molar-refractivity contribution in [3.05, 3.63) is 80.5 Å². The van der Waals surface area contributed by atoms with Crippen LogP contribution in [-0.4, -0.2) is 19.2 Å². The first-order valence-corrected chi connectivity index (χ1v) is 10.0. The minimum atomic E-state index is -4.13. The summed E-state index contributed by atoms with van der Waals surface area (Å²) < 4.78 is 32.5. The van der Waals surface area contributed by atoms with Gasteiger partial charge in [-0.05, 0) is 36.4 Å². The van der Waals surface area contributed by atoms with Crippen molar-refractivity contribution in [3.63, 3.8) is 0 Å². The number of carbonyl (C=O) groups is 1. The van der Waals surface area contributed by atoms with Crippen molar-refractivity contribution >= 4 is 56.4 Å². The van der Waals surface area contributed by atoms with Gasteiger partial charge in [0.1, 0.15) is 9.82 Å². The summed E-state index contributed by atoms with van der Waals surface area (Å²) in [5.41, 5.74) is 0.237. The first-order chi connectivity index (χ1) is 13.7. The summed E-state index contributed by atoms with van der Waals surface area (Å²) in [4.78, 5) is 21.7. The molecule has 0 fully saturated rings. The Morgan fingerprint density at radius 2 is 1.76 bits per heavy atom. The topological polar surface area (TPSA) is 132 Å². The molecule has 0 aliphatic heterocycles. The number of nitrogens with zero attached hydrogens (tertiary/aromatic N) is 1. The van der Waals surface area contributed by atoms with Crippen LogP contribution in [0.25, 0.3) is 0 Å². The zero-order chi connectivity index (χ0) is 21.2.